The second-order valence-corrected chi connectivity index (χ2v) is 8.42. The van der Waals surface area contributed by atoms with Gasteiger partial charge in [0, 0.05) is 23.7 Å². The number of ether oxygens (including phenoxy) is 3. The fraction of sp³-hybridized carbons (Fsp3) is 0.385. The van der Waals surface area contributed by atoms with Gasteiger partial charge in [-0.25, -0.2) is 0 Å². The van der Waals surface area contributed by atoms with Crippen LogP contribution in [0.2, 0.25) is 5.02 Å². The molecule has 188 valence electrons. The van der Waals surface area contributed by atoms with E-state index in [-0.39, 0.29) is 11.3 Å². The van der Waals surface area contributed by atoms with Gasteiger partial charge in [0.25, 0.3) is 11.7 Å². The number of rotatable bonds is 10. The molecule has 0 bridgehead atoms. The number of likely N-dealkylation sites (tertiary alicyclic amines) is 1. The lowest BCUT2D eigenvalue weighted by Gasteiger charge is -2.29. The average Bonchev–Trinajstić information content (AvgIpc) is 3.13. The van der Waals surface area contributed by atoms with E-state index in [1.54, 1.807) is 36.4 Å². The van der Waals surface area contributed by atoms with Crippen molar-refractivity contribution >= 4 is 29.1 Å². The number of hydrogen-bond donors (Lipinski definition) is 1. The molecule has 0 aliphatic carbocycles. The predicted molar refractivity (Wildman–Crippen MR) is 134 cm³/mol. The largest absolute Gasteiger partial charge is 0.507 e. The third kappa shape index (κ3) is 5.23. The number of amides is 1. The van der Waals surface area contributed by atoms with E-state index in [1.165, 1.54) is 26.2 Å². The number of methoxy groups -OCH3 is 3. The number of likely N-dealkylation sites (N-methyl/N-ethyl adjacent to an activating group) is 1. The molecule has 1 N–H and O–H groups in total. The Hall–Kier alpha value is -3.23. The molecule has 1 unspecified atom stereocenters. The van der Waals surface area contributed by atoms with Crippen LogP contribution in [0.15, 0.2) is 42.0 Å². The van der Waals surface area contributed by atoms with Crippen molar-refractivity contribution in [3.05, 3.63) is 58.1 Å². The Labute approximate surface area is 210 Å². The monoisotopic (exact) mass is 502 g/mol. The Kier molecular flexibility index (Phi) is 8.64. The number of ketones is 1. The van der Waals surface area contributed by atoms with E-state index in [4.69, 9.17) is 25.8 Å². The summed E-state index contributed by atoms with van der Waals surface area (Å²) < 4.78 is 16.4. The van der Waals surface area contributed by atoms with E-state index in [0.29, 0.717) is 46.5 Å². The smallest absolute Gasteiger partial charge is 0.295 e. The molecule has 0 spiro atoms. The highest BCUT2D eigenvalue weighted by molar-refractivity contribution is 6.46. The number of carbonyl (C=O) groups excluding carboxylic acids is 2. The lowest BCUT2D eigenvalue weighted by molar-refractivity contribution is -0.140. The van der Waals surface area contributed by atoms with Crippen LogP contribution in [-0.4, -0.2) is 74.1 Å². The Balaban J connectivity index is 2.21. The average molecular weight is 503 g/mol. The topological polar surface area (TPSA) is 88.5 Å². The molecule has 1 aliphatic heterocycles. The SMILES string of the molecule is CCN(CC)CCN1C(=O)C(=O)/C(=C(/O)c2ccc(Cl)cc2)C1c1cc(OC)c(OC)c(OC)c1. The van der Waals surface area contributed by atoms with Gasteiger partial charge >= 0.3 is 0 Å². The fourth-order valence-electron chi connectivity index (χ4n) is 4.27. The summed E-state index contributed by atoms with van der Waals surface area (Å²) >= 11 is 6.00. The molecular formula is C26H31ClN2O6. The number of aliphatic hydroxyl groups excluding tert-OH is 1. The molecule has 0 radical (unpaired) electrons. The summed E-state index contributed by atoms with van der Waals surface area (Å²) in [4.78, 5) is 30.1. The van der Waals surface area contributed by atoms with E-state index < -0.39 is 17.7 Å². The lowest BCUT2D eigenvalue weighted by Crippen LogP contribution is -2.38. The van der Waals surface area contributed by atoms with E-state index in [0.717, 1.165) is 13.1 Å². The van der Waals surface area contributed by atoms with E-state index in [9.17, 15) is 14.7 Å². The van der Waals surface area contributed by atoms with Crippen molar-refractivity contribution in [1.29, 1.82) is 0 Å². The Morgan fingerprint density at radius 1 is 1.00 bits per heavy atom. The molecule has 1 saturated heterocycles. The van der Waals surface area contributed by atoms with Crippen LogP contribution in [0.4, 0.5) is 0 Å². The van der Waals surface area contributed by atoms with Gasteiger partial charge < -0.3 is 29.1 Å². The predicted octanol–water partition coefficient (Wildman–Crippen LogP) is 4.13. The third-order valence-corrected chi connectivity index (χ3v) is 6.46. The summed E-state index contributed by atoms with van der Waals surface area (Å²) in [6, 6.07) is 8.97. The number of halogens is 1. The minimum absolute atomic E-state index is 0.00820. The molecular weight excluding hydrogens is 472 g/mol. The van der Waals surface area contributed by atoms with Crippen LogP contribution < -0.4 is 14.2 Å². The molecule has 9 heteroatoms. The Morgan fingerprint density at radius 2 is 1.57 bits per heavy atom. The molecule has 8 nitrogen and oxygen atoms in total. The highest BCUT2D eigenvalue weighted by Crippen LogP contribution is 2.45. The lowest BCUT2D eigenvalue weighted by atomic mass is 9.94. The molecule has 1 fully saturated rings. The van der Waals surface area contributed by atoms with Crippen molar-refractivity contribution in [1.82, 2.24) is 9.80 Å². The molecule has 2 aromatic carbocycles. The van der Waals surface area contributed by atoms with Crippen LogP contribution in [0.1, 0.15) is 31.0 Å². The maximum Gasteiger partial charge on any atom is 0.295 e. The summed E-state index contributed by atoms with van der Waals surface area (Å²) in [5.41, 5.74) is 0.925. The van der Waals surface area contributed by atoms with Crippen LogP contribution in [0.5, 0.6) is 17.2 Å². The second kappa shape index (κ2) is 11.5. The first-order chi connectivity index (χ1) is 16.8. The zero-order valence-corrected chi connectivity index (χ0v) is 21.4. The van der Waals surface area contributed by atoms with Crippen LogP contribution >= 0.6 is 11.6 Å². The maximum absolute atomic E-state index is 13.3. The van der Waals surface area contributed by atoms with Crippen LogP contribution in [0, 0.1) is 0 Å². The first-order valence-electron chi connectivity index (χ1n) is 11.4. The summed E-state index contributed by atoms with van der Waals surface area (Å²) in [6.45, 7) is 6.55. The number of hydrogen-bond acceptors (Lipinski definition) is 7. The molecule has 3 rings (SSSR count). The number of Topliss-reactive ketones (excluding diaryl/α,β-unsaturated/α-hetero) is 1. The van der Waals surface area contributed by atoms with Crippen molar-refractivity contribution in [3.63, 3.8) is 0 Å². The number of aliphatic hydroxyl groups is 1. The van der Waals surface area contributed by atoms with E-state index in [2.05, 4.69) is 4.90 Å². The fourth-order valence-corrected chi connectivity index (χ4v) is 4.39. The van der Waals surface area contributed by atoms with E-state index in [1.807, 2.05) is 13.8 Å². The van der Waals surface area contributed by atoms with Gasteiger partial charge in [0.15, 0.2) is 11.5 Å². The maximum atomic E-state index is 13.3. The van der Waals surface area contributed by atoms with Gasteiger partial charge in [-0.05, 0) is 55.1 Å². The molecule has 1 atom stereocenters. The first kappa shape index (κ1) is 26.4. The molecule has 1 heterocycles. The van der Waals surface area contributed by atoms with Gasteiger partial charge in [-0.3, -0.25) is 9.59 Å². The molecule has 2 aromatic rings. The summed E-state index contributed by atoms with van der Waals surface area (Å²) in [5.74, 6) is -0.562. The summed E-state index contributed by atoms with van der Waals surface area (Å²) in [5, 5.41) is 11.7. The molecule has 0 saturated carbocycles. The minimum Gasteiger partial charge on any atom is -0.507 e. The Bertz CT molecular complexity index is 1090. The van der Waals surface area contributed by atoms with Gasteiger partial charge in [0.1, 0.15) is 5.76 Å². The van der Waals surface area contributed by atoms with Crippen LogP contribution in [-0.2, 0) is 9.59 Å². The van der Waals surface area contributed by atoms with Gasteiger partial charge in [0.2, 0.25) is 5.75 Å². The quantitative estimate of drug-likeness (QED) is 0.297. The Morgan fingerprint density at radius 3 is 2.06 bits per heavy atom. The first-order valence-corrected chi connectivity index (χ1v) is 11.8. The van der Waals surface area contributed by atoms with Gasteiger partial charge in [-0.15, -0.1) is 0 Å². The number of benzene rings is 2. The third-order valence-electron chi connectivity index (χ3n) is 6.21. The summed E-state index contributed by atoms with van der Waals surface area (Å²) in [7, 11) is 4.48. The molecule has 1 aliphatic rings. The molecule has 1 amide bonds. The number of carbonyl (C=O) groups is 2. The second-order valence-electron chi connectivity index (χ2n) is 7.98. The molecule has 0 aromatic heterocycles. The van der Waals surface area contributed by atoms with Gasteiger partial charge in [-0.2, -0.15) is 0 Å². The normalized spacial score (nSPS) is 17.2. The van der Waals surface area contributed by atoms with E-state index >= 15 is 0 Å². The van der Waals surface area contributed by atoms with Crippen LogP contribution in [0.3, 0.4) is 0 Å². The number of nitrogens with zero attached hydrogens (tertiary/aromatic N) is 2. The highest BCUT2D eigenvalue weighted by atomic mass is 35.5. The van der Waals surface area contributed by atoms with Crippen LogP contribution in [0.25, 0.3) is 5.76 Å². The van der Waals surface area contributed by atoms with Gasteiger partial charge in [0.05, 0.1) is 32.9 Å². The molecule has 35 heavy (non-hydrogen) atoms. The van der Waals surface area contributed by atoms with Crippen molar-refractivity contribution in [2.45, 2.75) is 19.9 Å². The zero-order valence-electron chi connectivity index (χ0n) is 20.6. The van der Waals surface area contributed by atoms with Gasteiger partial charge in [-0.1, -0.05) is 25.4 Å². The zero-order chi connectivity index (χ0) is 25.7. The van der Waals surface area contributed by atoms with Crippen molar-refractivity contribution < 1.29 is 28.9 Å². The highest BCUT2D eigenvalue weighted by Gasteiger charge is 2.46. The minimum atomic E-state index is -0.852. The van der Waals surface area contributed by atoms with Crippen molar-refractivity contribution in [3.8, 4) is 17.2 Å². The standard InChI is InChI=1S/C26H31ClN2O6/c1-6-28(7-2)12-13-29-22(17-14-19(33-3)25(35-5)20(15-17)34-4)21(24(31)26(29)32)23(30)16-8-10-18(27)11-9-16/h8-11,14-15,22,30H,6-7,12-13H2,1-5H3/b23-21+. The van der Waals surface area contributed by atoms with Crippen molar-refractivity contribution in [2.75, 3.05) is 47.5 Å². The summed E-state index contributed by atoms with van der Waals surface area (Å²) in [6.07, 6.45) is 0. The van der Waals surface area contributed by atoms with Crippen molar-refractivity contribution in [2.24, 2.45) is 0 Å².